The minimum Gasteiger partial charge on any atom is -0.312 e. The number of rotatable bonds is 6. The van der Waals surface area contributed by atoms with Crippen LogP contribution < -0.4 is 4.90 Å². The van der Waals surface area contributed by atoms with Gasteiger partial charge in [0.2, 0.25) is 5.91 Å². The number of benzene rings is 1. The highest BCUT2D eigenvalue weighted by Crippen LogP contribution is 2.15. The van der Waals surface area contributed by atoms with E-state index in [1.54, 1.807) is 4.90 Å². The van der Waals surface area contributed by atoms with E-state index in [9.17, 15) is 9.90 Å². The van der Waals surface area contributed by atoms with E-state index in [-0.39, 0.29) is 12.5 Å². The SMILES string of the molecule is CCCC(=O)N(CCC[O])c1ccccc1. The molecule has 3 nitrogen and oxygen atoms in total. The molecule has 1 radical (unpaired) electrons. The molecule has 1 rings (SSSR count). The maximum absolute atomic E-state index is 11.9. The van der Waals surface area contributed by atoms with Gasteiger partial charge in [-0.15, -0.1) is 0 Å². The third-order valence-corrected chi connectivity index (χ3v) is 2.36. The summed E-state index contributed by atoms with van der Waals surface area (Å²) in [4.78, 5) is 13.6. The van der Waals surface area contributed by atoms with Crippen LogP contribution in [-0.4, -0.2) is 19.1 Å². The smallest absolute Gasteiger partial charge is 0.226 e. The molecule has 0 saturated carbocycles. The van der Waals surface area contributed by atoms with Crippen molar-refractivity contribution in [3.8, 4) is 0 Å². The normalized spacial score (nSPS) is 10.1. The lowest BCUT2D eigenvalue weighted by Crippen LogP contribution is -2.31. The molecule has 0 heterocycles. The Labute approximate surface area is 96.7 Å². The van der Waals surface area contributed by atoms with Crippen LogP contribution in [0, 0.1) is 0 Å². The molecule has 0 N–H and O–H groups in total. The Bertz CT molecular complexity index is 311. The number of nitrogens with zero attached hydrogens (tertiary/aromatic N) is 1. The number of anilines is 1. The molecule has 0 spiro atoms. The van der Waals surface area contributed by atoms with Crippen molar-refractivity contribution in [3.05, 3.63) is 30.3 Å². The largest absolute Gasteiger partial charge is 0.312 e. The molecule has 0 saturated heterocycles. The molecule has 0 aliphatic heterocycles. The molecule has 16 heavy (non-hydrogen) atoms. The topological polar surface area (TPSA) is 40.2 Å². The van der Waals surface area contributed by atoms with E-state index in [2.05, 4.69) is 0 Å². The van der Waals surface area contributed by atoms with Crippen LogP contribution in [-0.2, 0) is 9.90 Å². The highest BCUT2D eigenvalue weighted by molar-refractivity contribution is 5.93. The minimum atomic E-state index is -0.136. The Balaban J connectivity index is 2.74. The van der Waals surface area contributed by atoms with Gasteiger partial charge in [0, 0.05) is 18.7 Å². The zero-order chi connectivity index (χ0) is 11.8. The van der Waals surface area contributed by atoms with E-state index in [1.807, 2.05) is 37.3 Å². The molecule has 1 aromatic carbocycles. The first-order chi connectivity index (χ1) is 7.79. The Morgan fingerprint density at radius 1 is 1.25 bits per heavy atom. The van der Waals surface area contributed by atoms with Crippen molar-refractivity contribution in [1.29, 1.82) is 0 Å². The lowest BCUT2D eigenvalue weighted by molar-refractivity contribution is -0.118. The van der Waals surface area contributed by atoms with Gasteiger partial charge in [-0.1, -0.05) is 25.1 Å². The van der Waals surface area contributed by atoms with Gasteiger partial charge in [-0.25, -0.2) is 5.11 Å². The average Bonchev–Trinajstić information content (AvgIpc) is 2.31. The maximum Gasteiger partial charge on any atom is 0.226 e. The Kier molecular flexibility index (Phi) is 5.57. The molecule has 0 unspecified atom stereocenters. The van der Waals surface area contributed by atoms with E-state index in [0.29, 0.717) is 19.4 Å². The third kappa shape index (κ3) is 3.66. The van der Waals surface area contributed by atoms with Gasteiger partial charge in [-0.3, -0.25) is 4.79 Å². The van der Waals surface area contributed by atoms with Crippen LogP contribution in [0.5, 0.6) is 0 Å². The fraction of sp³-hybridized carbons (Fsp3) is 0.462. The number of carbonyl (C=O) groups is 1. The highest BCUT2D eigenvalue weighted by atomic mass is 16.3. The number of carbonyl (C=O) groups excluding carboxylic acids is 1. The first-order valence-corrected chi connectivity index (χ1v) is 5.73. The molecule has 1 amide bonds. The second kappa shape index (κ2) is 7.01. The second-order valence-corrected chi connectivity index (χ2v) is 3.69. The van der Waals surface area contributed by atoms with Crippen LogP contribution in [0.2, 0.25) is 0 Å². The van der Waals surface area contributed by atoms with Crippen LogP contribution >= 0.6 is 0 Å². The van der Waals surface area contributed by atoms with Crippen LogP contribution in [0.1, 0.15) is 26.2 Å². The molecule has 0 bridgehead atoms. The first kappa shape index (κ1) is 12.7. The van der Waals surface area contributed by atoms with Crippen LogP contribution in [0.25, 0.3) is 0 Å². The average molecular weight is 220 g/mol. The minimum absolute atomic E-state index is 0.0992. The van der Waals surface area contributed by atoms with Crippen molar-refractivity contribution in [2.24, 2.45) is 0 Å². The molecule has 1 aromatic rings. The van der Waals surface area contributed by atoms with Crippen molar-refractivity contribution in [1.82, 2.24) is 0 Å². The molecule has 0 aliphatic carbocycles. The van der Waals surface area contributed by atoms with Crippen LogP contribution in [0.4, 0.5) is 5.69 Å². The summed E-state index contributed by atoms with van der Waals surface area (Å²) >= 11 is 0. The predicted molar refractivity (Wildman–Crippen MR) is 63.9 cm³/mol. The number of para-hydroxylation sites is 1. The third-order valence-electron chi connectivity index (χ3n) is 2.36. The van der Waals surface area contributed by atoms with Gasteiger partial charge in [0.25, 0.3) is 0 Å². The standard InChI is InChI=1S/C13H18NO2/c1-2-7-13(16)14(10-6-11-15)12-8-4-3-5-9-12/h3-5,8-9H,2,6-7,10-11H2,1H3. The number of hydrogen-bond donors (Lipinski definition) is 0. The van der Waals surface area contributed by atoms with Crippen molar-refractivity contribution in [2.75, 3.05) is 18.1 Å². The van der Waals surface area contributed by atoms with Gasteiger partial charge in [-0.05, 0) is 25.0 Å². The van der Waals surface area contributed by atoms with Gasteiger partial charge in [0.05, 0.1) is 6.61 Å². The molecule has 0 aliphatic rings. The van der Waals surface area contributed by atoms with Gasteiger partial charge in [0.1, 0.15) is 0 Å². The van der Waals surface area contributed by atoms with E-state index < -0.39 is 0 Å². The Hall–Kier alpha value is -1.35. The summed E-state index contributed by atoms with van der Waals surface area (Å²) in [6.45, 7) is 2.36. The predicted octanol–water partition coefficient (Wildman–Crippen LogP) is 2.64. The molecule has 0 atom stereocenters. The summed E-state index contributed by atoms with van der Waals surface area (Å²) in [5.74, 6) is 0.0992. The van der Waals surface area contributed by atoms with E-state index >= 15 is 0 Å². The quantitative estimate of drug-likeness (QED) is 0.726. The summed E-state index contributed by atoms with van der Waals surface area (Å²) in [7, 11) is 0. The number of amides is 1. The van der Waals surface area contributed by atoms with Crippen molar-refractivity contribution in [2.45, 2.75) is 26.2 Å². The van der Waals surface area contributed by atoms with Gasteiger partial charge < -0.3 is 4.90 Å². The lowest BCUT2D eigenvalue weighted by atomic mass is 10.2. The van der Waals surface area contributed by atoms with Crippen molar-refractivity contribution in [3.63, 3.8) is 0 Å². The van der Waals surface area contributed by atoms with Crippen LogP contribution in [0.3, 0.4) is 0 Å². The summed E-state index contributed by atoms with van der Waals surface area (Å²) in [5.41, 5.74) is 0.884. The summed E-state index contributed by atoms with van der Waals surface area (Å²) in [5, 5.41) is 10.5. The fourth-order valence-corrected chi connectivity index (χ4v) is 1.58. The van der Waals surface area contributed by atoms with Gasteiger partial charge in [-0.2, -0.15) is 0 Å². The Morgan fingerprint density at radius 3 is 2.50 bits per heavy atom. The number of hydrogen-bond acceptors (Lipinski definition) is 1. The monoisotopic (exact) mass is 220 g/mol. The van der Waals surface area contributed by atoms with Crippen molar-refractivity contribution >= 4 is 11.6 Å². The van der Waals surface area contributed by atoms with E-state index in [1.165, 1.54) is 0 Å². The highest BCUT2D eigenvalue weighted by Gasteiger charge is 2.13. The van der Waals surface area contributed by atoms with Gasteiger partial charge in [0.15, 0.2) is 0 Å². The van der Waals surface area contributed by atoms with Crippen LogP contribution in [0.15, 0.2) is 30.3 Å². The maximum atomic E-state index is 11.9. The Morgan fingerprint density at radius 2 is 1.94 bits per heavy atom. The molecule has 0 fully saturated rings. The first-order valence-electron chi connectivity index (χ1n) is 5.73. The van der Waals surface area contributed by atoms with Crippen molar-refractivity contribution < 1.29 is 9.90 Å². The van der Waals surface area contributed by atoms with Gasteiger partial charge >= 0.3 is 0 Å². The molecule has 3 heteroatoms. The van der Waals surface area contributed by atoms with E-state index in [4.69, 9.17) is 0 Å². The molecule has 87 valence electrons. The lowest BCUT2D eigenvalue weighted by Gasteiger charge is -2.22. The molecular weight excluding hydrogens is 202 g/mol. The fourth-order valence-electron chi connectivity index (χ4n) is 1.58. The summed E-state index contributed by atoms with van der Waals surface area (Å²) in [6.07, 6.45) is 1.87. The van der Waals surface area contributed by atoms with E-state index in [0.717, 1.165) is 12.1 Å². The zero-order valence-corrected chi connectivity index (χ0v) is 9.69. The zero-order valence-electron chi connectivity index (χ0n) is 9.69. The molecular formula is C13H18NO2. The summed E-state index contributed by atoms with van der Waals surface area (Å²) < 4.78 is 0. The summed E-state index contributed by atoms with van der Waals surface area (Å²) in [6, 6.07) is 9.52. The molecule has 0 aromatic heterocycles. The second-order valence-electron chi connectivity index (χ2n) is 3.69.